The summed E-state index contributed by atoms with van der Waals surface area (Å²) >= 11 is 0. The van der Waals surface area contributed by atoms with Crippen molar-refractivity contribution in [3.63, 3.8) is 0 Å². The highest BCUT2D eigenvalue weighted by Gasteiger charge is 2.09. The van der Waals surface area contributed by atoms with Crippen LogP contribution in [0.3, 0.4) is 0 Å². The second-order valence-corrected chi connectivity index (χ2v) is 6.57. The van der Waals surface area contributed by atoms with Gasteiger partial charge in [-0.25, -0.2) is 17.5 Å². The van der Waals surface area contributed by atoms with Gasteiger partial charge in [0.25, 0.3) is 0 Å². The van der Waals surface area contributed by atoms with Crippen LogP contribution in [0.2, 0.25) is 0 Å². The highest BCUT2D eigenvalue weighted by molar-refractivity contribution is 7.89. The van der Waals surface area contributed by atoms with Gasteiger partial charge in [0.1, 0.15) is 5.82 Å². The molecule has 7 nitrogen and oxygen atoms in total. The first-order valence-corrected chi connectivity index (χ1v) is 8.08. The zero-order valence-electron chi connectivity index (χ0n) is 11.7. The van der Waals surface area contributed by atoms with E-state index in [1.807, 2.05) is 0 Å². The maximum absolute atomic E-state index is 13.2. The van der Waals surface area contributed by atoms with Gasteiger partial charge in [-0.15, -0.1) is 10.2 Å². The lowest BCUT2D eigenvalue weighted by Crippen LogP contribution is -2.29. The molecule has 1 aromatic heterocycles. The lowest BCUT2D eigenvalue weighted by molar-refractivity contribution is 0.511. The molecule has 1 heterocycles. The number of sulfonamides is 1. The Morgan fingerprint density at radius 3 is 2.81 bits per heavy atom. The fourth-order valence-electron chi connectivity index (χ4n) is 1.64. The van der Waals surface area contributed by atoms with Crippen molar-refractivity contribution >= 4 is 10.0 Å². The third kappa shape index (κ3) is 4.05. The van der Waals surface area contributed by atoms with Gasteiger partial charge in [0.2, 0.25) is 15.8 Å². The molecule has 0 fully saturated rings. The Morgan fingerprint density at radius 2 is 2.14 bits per heavy atom. The summed E-state index contributed by atoms with van der Waals surface area (Å²) in [4.78, 5) is 1.30. The van der Waals surface area contributed by atoms with Crippen molar-refractivity contribution in [2.45, 2.75) is 20.4 Å². The van der Waals surface area contributed by atoms with Gasteiger partial charge in [-0.2, -0.15) is 4.80 Å². The number of benzene rings is 1. The standard InChI is InChI=1S/C12H16FN5O2S/c1-3-21(19,20)14-6-7-18-16-12(15-17-18)10-4-5-11(13)9(2)8-10/h4-5,8,14H,3,6-7H2,1-2H3. The van der Waals surface area contributed by atoms with Crippen molar-refractivity contribution in [2.24, 2.45) is 0 Å². The van der Waals surface area contributed by atoms with Crippen molar-refractivity contribution in [3.05, 3.63) is 29.6 Å². The number of halogens is 1. The highest BCUT2D eigenvalue weighted by atomic mass is 32.2. The lowest BCUT2D eigenvalue weighted by atomic mass is 10.1. The average molecular weight is 313 g/mol. The molecule has 21 heavy (non-hydrogen) atoms. The van der Waals surface area contributed by atoms with Crippen LogP contribution in [0.25, 0.3) is 11.4 Å². The van der Waals surface area contributed by atoms with E-state index in [9.17, 15) is 12.8 Å². The van der Waals surface area contributed by atoms with Gasteiger partial charge in [0, 0.05) is 12.1 Å². The molecule has 0 atom stereocenters. The largest absolute Gasteiger partial charge is 0.213 e. The number of rotatable bonds is 6. The number of aromatic nitrogens is 4. The number of tetrazole rings is 1. The van der Waals surface area contributed by atoms with Crippen LogP contribution >= 0.6 is 0 Å². The van der Waals surface area contributed by atoms with E-state index in [-0.39, 0.29) is 24.7 Å². The van der Waals surface area contributed by atoms with Gasteiger partial charge in [-0.1, -0.05) is 0 Å². The molecule has 0 unspecified atom stereocenters. The molecule has 2 aromatic rings. The predicted molar refractivity (Wildman–Crippen MR) is 75.4 cm³/mol. The van der Waals surface area contributed by atoms with Crippen molar-refractivity contribution in [2.75, 3.05) is 12.3 Å². The van der Waals surface area contributed by atoms with Crippen LogP contribution < -0.4 is 4.72 Å². The van der Waals surface area contributed by atoms with Gasteiger partial charge in [-0.3, -0.25) is 0 Å². The van der Waals surface area contributed by atoms with Gasteiger partial charge < -0.3 is 0 Å². The van der Waals surface area contributed by atoms with Gasteiger partial charge in [0.05, 0.1) is 12.3 Å². The summed E-state index contributed by atoms with van der Waals surface area (Å²) in [6.07, 6.45) is 0. The number of hydrogen-bond acceptors (Lipinski definition) is 5. The van der Waals surface area contributed by atoms with E-state index in [4.69, 9.17) is 0 Å². The Bertz CT molecular complexity index is 729. The fraction of sp³-hybridized carbons (Fsp3) is 0.417. The van der Waals surface area contributed by atoms with Crippen LogP contribution in [0.5, 0.6) is 0 Å². The van der Waals surface area contributed by atoms with E-state index in [2.05, 4.69) is 20.1 Å². The minimum absolute atomic E-state index is 0.0257. The van der Waals surface area contributed by atoms with E-state index in [1.54, 1.807) is 26.0 Å². The molecule has 1 aromatic carbocycles. The minimum Gasteiger partial charge on any atom is -0.213 e. The molecular weight excluding hydrogens is 297 g/mol. The average Bonchev–Trinajstić information content (AvgIpc) is 2.90. The Labute approximate surface area is 122 Å². The Balaban J connectivity index is 2.03. The number of nitrogens with one attached hydrogen (secondary N) is 1. The zero-order chi connectivity index (χ0) is 15.5. The molecule has 0 amide bonds. The third-order valence-electron chi connectivity index (χ3n) is 2.88. The monoisotopic (exact) mass is 313 g/mol. The smallest absolute Gasteiger partial charge is 0.211 e. The van der Waals surface area contributed by atoms with E-state index in [1.165, 1.54) is 10.9 Å². The van der Waals surface area contributed by atoms with Crippen LogP contribution in [0.1, 0.15) is 12.5 Å². The first kappa shape index (κ1) is 15.5. The summed E-state index contributed by atoms with van der Waals surface area (Å²) in [5, 5.41) is 11.8. The van der Waals surface area contributed by atoms with Crippen molar-refractivity contribution in [1.82, 2.24) is 24.9 Å². The predicted octanol–water partition coefficient (Wildman–Crippen LogP) is 0.727. The van der Waals surface area contributed by atoms with Crippen LogP contribution in [-0.4, -0.2) is 40.9 Å². The van der Waals surface area contributed by atoms with Crippen LogP contribution in [0, 0.1) is 12.7 Å². The minimum atomic E-state index is -3.23. The van der Waals surface area contributed by atoms with E-state index >= 15 is 0 Å². The quantitative estimate of drug-likeness (QED) is 0.849. The first-order chi connectivity index (χ1) is 9.91. The Morgan fingerprint density at radius 1 is 1.38 bits per heavy atom. The Kier molecular flexibility index (Phi) is 4.63. The SMILES string of the molecule is CCS(=O)(=O)NCCn1nnc(-c2ccc(F)c(C)c2)n1. The number of nitrogens with zero attached hydrogens (tertiary/aromatic N) is 4. The maximum atomic E-state index is 13.2. The van der Waals surface area contributed by atoms with Crippen LogP contribution in [-0.2, 0) is 16.6 Å². The zero-order valence-corrected chi connectivity index (χ0v) is 12.6. The van der Waals surface area contributed by atoms with Gasteiger partial charge in [0.15, 0.2) is 0 Å². The second kappa shape index (κ2) is 6.27. The van der Waals surface area contributed by atoms with E-state index in [0.29, 0.717) is 17.0 Å². The summed E-state index contributed by atoms with van der Waals surface area (Å²) in [7, 11) is -3.23. The molecule has 0 aliphatic carbocycles. The second-order valence-electron chi connectivity index (χ2n) is 4.47. The molecule has 0 saturated heterocycles. The lowest BCUT2D eigenvalue weighted by Gasteiger charge is -2.02. The molecule has 1 N–H and O–H groups in total. The normalized spacial score (nSPS) is 11.8. The van der Waals surface area contributed by atoms with Crippen molar-refractivity contribution < 1.29 is 12.8 Å². The summed E-state index contributed by atoms with van der Waals surface area (Å²) in [5.74, 6) is 0.106. The molecule has 0 radical (unpaired) electrons. The molecule has 114 valence electrons. The molecular formula is C12H16FN5O2S. The highest BCUT2D eigenvalue weighted by Crippen LogP contribution is 2.17. The molecule has 0 aliphatic heterocycles. The van der Waals surface area contributed by atoms with Gasteiger partial charge in [-0.05, 0) is 42.8 Å². The summed E-state index contributed by atoms with van der Waals surface area (Å²) in [6, 6.07) is 4.56. The van der Waals surface area contributed by atoms with Crippen molar-refractivity contribution in [1.29, 1.82) is 0 Å². The molecule has 0 saturated carbocycles. The van der Waals surface area contributed by atoms with E-state index in [0.717, 1.165) is 0 Å². The summed E-state index contributed by atoms with van der Waals surface area (Å²) in [6.45, 7) is 3.68. The fourth-order valence-corrected chi connectivity index (χ4v) is 2.25. The van der Waals surface area contributed by atoms with Gasteiger partial charge >= 0.3 is 0 Å². The molecule has 0 spiro atoms. The van der Waals surface area contributed by atoms with Crippen LogP contribution in [0.15, 0.2) is 18.2 Å². The van der Waals surface area contributed by atoms with Crippen LogP contribution in [0.4, 0.5) is 4.39 Å². The van der Waals surface area contributed by atoms with Crippen molar-refractivity contribution in [3.8, 4) is 11.4 Å². The molecule has 0 bridgehead atoms. The topological polar surface area (TPSA) is 89.8 Å². The molecule has 0 aliphatic rings. The Hall–Kier alpha value is -1.87. The summed E-state index contributed by atoms with van der Waals surface area (Å²) in [5.41, 5.74) is 1.16. The number of hydrogen-bond donors (Lipinski definition) is 1. The summed E-state index contributed by atoms with van der Waals surface area (Å²) < 4.78 is 38.2. The third-order valence-corrected chi connectivity index (χ3v) is 4.29. The number of aryl methyl sites for hydroxylation is 1. The van der Waals surface area contributed by atoms with E-state index < -0.39 is 10.0 Å². The molecule has 9 heteroatoms. The first-order valence-electron chi connectivity index (χ1n) is 6.43. The molecule has 2 rings (SSSR count). The maximum Gasteiger partial charge on any atom is 0.211 e.